The number of nitrogens with two attached hydrogens (primary N) is 1. The normalized spacial score (nSPS) is 15.6. The number of nitrogens with one attached hydrogen (secondary N) is 1. The monoisotopic (exact) mass is 381 g/mol. The third-order valence-corrected chi connectivity index (χ3v) is 5.17. The summed E-state index contributed by atoms with van der Waals surface area (Å²) >= 11 is 0. The van der Waals surface area contributed by atoms with E-state index in [9.17, 15) is 9.59 Å². The van der Waals surface area contributed by atoms with Crippen LogP contribution in [0.1, 0.15) is 18.4 Å². The summed E-state index contributed by atoms with van der Waals surface area (Å²) in [6, 6.07) is 16.3. The maximum Gasteiger partial charge on any atom is 0.241 e. The maximum absolute atomic E-state index is 12.5. The second-order valence-electron chi connectivity index (χ2n) is 7.13. The summed E-state index contributed by atoms with van der Waals surface area (Å²) in [4.78, 5) is 26.5. The molecule has 1 aliphatic rings. The van der Waals surface area contributed by atoms with Gasteiger partial charge in [-0.15, -0.1) is 0 Å². The molecule has 0 spiro atoms. The Morgan fingerprint density at radius 1 is 1.11 bits per heavy atom. The molecule has 1 atom stereocenters. The number of para-hydroxylation sites is 1. The van der Waals surface area contributed by atoms with Gasteiger partial charge in [-0.2, -0.15) is 0 Å². The zero-order valence-electron chi connectivity index (χ0n) is 16.1. The molecule has 6 heteroatoms. The first-order valence-electron chi connectivity index (χ1n) is 9.59. The van der Waals surface area contributed by atoms with E-state index in [1.807, 2.05) is 42.5 Å². The largest absolute Gasteiger partial charge is 0.381 e. The molecule has 2 aromatic carbocycles. The number of ether oxygens (including phenoxy) is 1. The van der Waals surface area contributed by atoms with Crippen LogP contribution in [0.3, 0.4) is 0 Å². The summed E-state index contributed by atoms with van der Waals surface area (Å²) in [5.41, 5.74) is 8.54. The fourth-order valence-corrected chi connectivity index (χ4v) is 3.31. The minimum atomic E-state index is -0.537. The van der Waals surface area contributed by atoms with E-state index in [0.29, 0.717) is 25.3 Å². The van der Waals surface area contributed by atoms with E-state index >= 15 is 0 Å². The van der Waals surface area contributed by atoms with Crippen LogP contribution < -0.4 is 16.0 Å². The standard InChI is InChI=1S/C22H27N3O3/c1-25(19-5-3-2-4-6-19)20(26)15-16-7-9-18(10-8-16)24-22(27)21(23)17-11-13-28-14-12-17/h2-10,17,21H,11-15,23H2,1H3,(H,24,27). The van der Waals surface area contributed by atoms with Crippen LogP contribution in [0, 0.1) is 5.92 Å². The molecule has 148 valence electrons. The molecule has 1 unspecified atom stereocenters. The minimum Gasteiger partial charge on any atom is -0.381 e. The van der Waals surface area contributed by atoms with E-state index in [-0.39, 0.29) is 17.7 Å². The lowest BCUT2D eigenvalue weighted by Crippen LogP contribution is -2.44. The zero-order chi connectivity index (χ0) is 19.9. The van der Waals surface area contributed by atoms with Crippen LogP contribution in [0.5, 0.6) is 0 Å². The fraction of sp³-hybridized carbons (Fsp3) is 0.364. The van der Waals surface area contributed by atoms with Gasteiger partial charge in [0, 0.05) is 31.6 Å². The highest BCUT2D eigenvalue weighted by Gasteiger charge is 2.26. The van der Waals surface area contributed by atoms with Crippen molar-refractivity contribution >= 4 is 23.2 Å². The Kier molecular flexibility index (Phi) is 6.79. The highest BCUT2D eigenvalue weighted by molar-refractivity contribution is 5.95. The lowest BCUT2D eigenvalue weighted by atomic mass is 9.92. The first-order chi connectivity index (χ1) is 13.5. The smallest absolute Gasteiger partial charge is 0.241 e. The molecule has 0 bridgehead atoms. The van der Waals surface area contributed by atoms with E-state index in [1.165, 1.54) is 0 Å². The first-order valence-corrected chi connectivity index (χ1v) is 9.59. The van der Waals surface area contributed by atoms with Crippen LogP contribution in [0.4, 0.5) is 11.4 Å². The molecule has 2 amide bonds. The molecule has 1 saturated heterocycles. The number of benzene rings is 2. The molecule has 3 rings (SSSR count). The summed E-state index contributed by atoms with van der Waals surface area (Å²) < 4.78 is 5.32. The minimum absolute atomic E-state index is 0.00419. The SMILES string of the molecule is CN(C(=O)Cc1ccc(NC(=O)C(N)C2CCOCC2)cc1)c1ccccc1. The summed E-state index contributed by atoms with van der Waals surface area (Å²) in [6.07, 6.45) is 1.91. The highest BCUT2D eigenvalue weighted by atomic mass is 16.5. The van der Waals surface area contributed by atoms with Gasteiger partial charge in [0.2, 0.25) is 11.8 Å². The zero-order valence-corrected chi connectivity index (χ0v) is 16.1. The molecule has 0 radical (unpaired) electrons. The summed E-state index contributed by atoms with van der Waals surface area (Å²) in [5, 5.41) is 2.87. The Labute approximate surface area is 165 Å². The Balaban J connectivity index is 1.54. The van der Waals surface area contributed by atoms with Crippen molar-refractivity contribution in [1.82, 2.24) is 0 Å². The number of hydrogen-bond donors (Lipinski definition) is 2. The van der Waals surface area contributed by atoms with Crippen LogP contribution in [0.2, 0.25) is 0 Å². The average Bonchev–Trinajstić information content (AvgIpc) is 2.75. The second kappa shape index (κ2) is 9.48. The van der Waals surface area contributed by atoms with Gasteiger partial charge in [0.25, 0.3) is 0 Å². The van der Waals surface area contributed by atoms with Crippen LogP contribution in [0.15, 0.2) is 54.6 Å². The van der Waals surface area contributed by atoms with E-state index in [4.69, 9.17) is 10.5 Å². The fourth-order valence-electron chi connectivity index (χ4n) is 3.31. The van der Waals surface area contributed by atoms with Crippen molar-refractivity contribution in [3.05, 3.63) is 60.2 Å². The van der Waals surface area contributed by atoms with Gasteiger partial charge in [-0.05, 0) is 48.6 Å². The van der Waals surface area contributed by atoms with Gasteiger partial charge in [-0.1, -0.05) is 30.3 Å². The molecule has 0 aliphatic carbocycles. The first kappa shape index (κ1) is 20.0. The van der Waals surface area contributed by atoms with Crippen molar-refractivity contribution in [2.24, 2.45) is 11.7 Å². The van der Waals surface area contributed by atoms with E-state index < -0.39 is 6.04 Å². The molecule has 1 heterocycles. The molecule has 0 saturated carbocycles. The number of anilines is 2. The second-order valence-corrected chi connectivity index (χ2v) is 7.13. The van der Waals surface area contributed by atoms with Crippen LogP contribution in [0.25, 0.3) is 0 Å². The van der Waals surface area contributed by atoms with E-state index in [1.54, 1.807) is 24.1 Å². The number of rotatable bonds is 6. The molecule has 0 aromatic heterocycles. The predicted molar refractivity (Wildman–Crippen MR) is 110 cm³/mol. The van der Waals surface area contributed by atoms with Crippen molar-refractivity contribution in [2.45, 2.75) is 25.3 Å². The summed E-state index contributed by atoms with van der Waals surface area (Å²) in [7, 11) is 1.77. The van der Waals surface area contributed by atoms with Crippen molar-refractivity contribution < 1.29 is 14.3 Å². The Morgan fingerprint density at radius 3 is 2.39 bits per heavy atom. The Bertz CT molecular complexity index is 786. The topological polar surface area (TPSA) is 84.7 Å². The van der Waals surface area contributed by atoms with Gasteiger partial charge >= 0.3 is 0 Å². The number of nitrogens with zero attached hydrogens (tertiary/aromatic N) is 1. The lowest BCUT2D eigenvalue weighted by molar-refractivity contribution is -0.119. The van der Waals surface area contributed by atoms with E-state index in [0.717, 1.165) is 24.1 Å². The molecule has 1 fully saturated rings. The van der Waals surface area contributed by atoms with E-state index in [2.05, 4.69) is 5.32 Å². The predicted octanol–water partition coefficient (Wildman–Crippen LogP) is 2.58. The van der Waals surface area contributed by atoms with Gasteiger partial charge in [0.05, 0.1) is 12.5 Å². The summed E-state index contributed by atoms with van der Waals surface area (Å²) in [6.45, 7) is 1.32. The van der Waals surface area contributed by atoms with Gasteiger partial charge in [0.1, 0.15) is 0 Å². The third-order valence-electron chi connectivity index (χ3n) is 5.17. The van der Waals surface area contributed by atoms with Crippen LogP contribution in [-0.2, 0) is 20.7 Å². The number of likely N-dealkylation sites (N-methyl/N-ethyl adjacent to an activating group) is 1. The van der Waals surface area contributed by atoms with Gasteiger partial charge in [0.15, 0.2) is 0 Å². The van der Waals surface area contributed by atoms with Gasteiger partial charge in [-0.25, -0.2) is 0 Å². The van der Waals surface area contributed by atoms with Gasteiger partial charge < -0.3 is 20.7 Å². The molecule has 28 heavy (non-hydrogen) atoms. The van der Waals surface area contributed by atoms with Crippen molar-refractivity contribution in [2.75, 3.05) is 30.5 Å². The van der Waals surface area contributed by atoms with Crippen LogP contribution >= 0.6 is 0 Å². The number of carbonyl (C=O) groups is 2. The number of hydrogen-bond acceptors (Lipinski definition) is 4. The maximum atomic E-state index is 12.5. The molecular formula is C22H27N3O3. The molecule has 1 aliphatic heterocycles. The molecule has 3 N–H and O–H groups in total. The molecule has 2 aromatic rings. The number of carbonyl (C=O) groups excluding carboxylic acids is 2. The van der Waals surface area contributed by atoms with Crippen molar-refractivity contribution in [3.63, 3.8) is 0 Å². The van der Waals surface area contributed by atoms with Crippen LogP contribution in [-0.4, -0.2) is 38.1 Å². The summed E-state index contributed by atoms with van der Waals surface area (Å²) in [5.74, 6) is -0.0248. The highest BCUT2D eigenvalue weighted by Crippen LogP contribution is 2.19. The van der Waals surface area contributed by atoms with Crippen molar-refractivity contribution in [3.8, 4) is 0 Å². The van der Waals surface area contributed by atoms with Crippen molar-refractivity contribution in [1.29, 1.82) is 0 Å². The third kappa shape index (κ3) is 5.18. The average molecular weight is 381 g/mol. The quantitative estimate of drug-likeness (QED) is 0.805. The Morgan fingerprint density at radius 2 is 1.75 bits per heavy atom. The van der Waals surface area contributed by atoms with Gasteiger partial charge in [-0.3, -0.25) is 9.59 Å². The lowest BCUT2D eigenvalue weighted by Gasteiger charge is -2.26. The molecule has 6 nitrogen and oxygen atoms in total. The Hall–Kier alpha value is -2.70. The molecular weight excluding hydrogens is 354 g/mol. The number of amides is 2.